The second-order valence-corrected chi connectivity index (χ2v) is 6.02. The van der Waals surface area contributed by atoms with E-state index in [1.165, 1.54) is 16.8 Å². The normalized spacial score (nSPS) is 22.3. The quantitative estimate of drug-likeness (QED) is 0.825. The lowest BCUT2D eigenvalue weighted by Crippen LogP contribution is -2.21. The minimum Gasteiger partial charge on any atom is -0.391 e. The van der Waals surface area contributed by atoms with Crippen LogP contribution in [0, 0.1) is 5.82 Å². The van der Waals surface area contributed by atoms with Crippen LogP contribution in [0.15, 0.2) is 24.9 Å². The summed E-state index contributed by atoms with van der Waals surface area (Å²) in [5.41, 5.74) is 6.55. The summed E-state index contributed by atoms with van der Waals surface area (Å²) in [6.45, 7) is 5.17. The highest BCUT2D eigenvalue weighted by Gasteiger charge is 2.44. The van der Waals surface area contributed by atoms with E-state index in [9.17, 15) is 4.39 Å². The lowest BCUT2D eigenvalue weighted by atomic mass is 10.0. The number of rotatable bonds is 2. The van der Waals surface area contributed by atoms with Crippen molar-refractivity contribution in [3.8, 4) is 0 Å². The van der Waals surface area contributed by atoms with E-state index in [-0.39, 0.29) is 23.3 Å². The summed E-state index contributed by atoms with van der Waals surface area (Å²) in [7, 11) is 0. The van der Waals surface area contributed by atoms with Crippen molar-refractivity contribution in [3.05, 3.63) is 36.4 Å². The van der Waals surface area contributed by atoms with E-state index in [4.69, 9.17) is 15.6 Å². The van der Waals surface area contributed by atoms with Crippen LogP contribution in [0.3, 0.4) is 0 Å². The number of allylic oxidation sites excluding steroid dienone is 1. The number of hydrogen-bond acceptors (Lipinski definition) is 5. The number of fused-ring (bicyclic) bond motifs is 1. The monoisotopic (exact) mass is 320 g/mol. The Morgan fingerprint density at radius 3 is 2.83 bits per heavy atom. The topological polar surface area (TPSA) is 85.7 Å². The van der Waals surface area contributed by atoms with Gasteiger partial charge < -0.3 is 15.6 Å². The first-order valence-corrected chi connectivity index (χ1v) is 7.75. The van der Waals surface area contributed by atoms with Crippen LogP contribution < -0.4 is 5.73 Å². The van der Waals surface area contributed by atoms with Crippen molar-refractivity contribution < 1.29 is 14.2 Å². The number of nitrogens with two attached hydrogens (primary N) is 1. The number of anilines is 1. The van der Waals surface area contributed by atoms with Crippen molar-refractivity contribution in [2.24, 2.45) is 0 Å². The largest absolute Gasteiger partial charge is 0.391 e. The van der Waals surface area contributed by atoms with Crippen LogP contribution in [0.25, 0.3) is 5.52 Å². The molecular weight excluding hydrogens is 299 g/mol. The Labute approximate surface area is 133 Å². The maximum Gasteiger partial charge on any atom is 0.238 e. The first-order chi connectivity index (χ1) is 11.1. The van der Waals surface area contributed by atoms with Gasteiger partial charge in [-0.15, -0.1) is 11.7 Å². The van der Waals surface area contributed by atoms with Crippen molar-refractivity contribution in [1.29, 1.82) is 0 Å². The van der Waals surface area contributed by atoms with Crippen LogP contribution in [-0.2, 0) is 10.2 Å². The fourth-order valence-corrected chi connectivity index (χ4v) is 2.74. The molecule has 6 nitrogen and oxygen atoms in total. The number of aromatic nitrogens is 3. The summed E-state index contributed by atoms with van der Waals surface area (Å²) in [6, 6.07) is 1.50. The molecule has 7 heteroatoms. The van der Waals surface area contributed by atoms with Gasteiger partial charge >= 0.3 is 0 Å². The molecule has 1 saturated carbocycles. The zero-order valence-corrected chi connectivity index (χ0v) is 12.9. The van der Waals surface area contributed by atoms with E-state index in [2.05, 4.69) is 16.7 Å². The summed E-state index contributed by atoms with van der Waals surface area (Å²) in [5, 5.41) is 12.8. The Balaban J connectivity index is 0.000000188. The number of ether oxygens (including phenoxy) is 1. The van der Waals surface area contributed by atoms with E-state index < -0.39 is 0 Å². The summed E-state index contributed by atoms with van der Waals surface area (Å²) in [4.78, 5) is 3.79. The summed E-state index contributed by atoms with van der Waals surface area (Å²) in [5.74, 6) is -0.174. The fourth-order valence-electron chi connectivity index (χ4n) is 2.74. The second-order valence-electron chi connectivity index (χ2n) is 6.02. The number of halogens is 1. The van der Waals surface area contributed by atoms with E-state index in [0.717, 1.165) is 38.0 Å². The van der Waals surface area contributed by atoms with Gasteiger partial charge in [-0.05, 0) is 31.7 Å². The molecule has 2 aromatic heterocycles. The Morgan fingerprint density at radius 1 is 1.52 bits per heavy atom. The zero-order valence-electron chi connectivity index (χ0n) is 12.9. The zero-order chi connectivity index (χ0) is 16.4. The van der Waals surface area contributed by atoms with E-state index in [1.54, 1.807) is 0 Å². The Kier molecular flexibility index (Phi) is 4.32. The van der Waals surface area contributed by atoms with Gasteiger partial charge in [0.15, 0.2) is 5.82 Å². The Hall–Kier alpha value is -1.99. The number of aliphatic hydroxyl groups is 1. The summed E-state index contributed by atoms with van der Waals surface area (Å²) in [6.07, 6.45) is 6.96. The molecule has 3 heterocycles. The molecule has 0 spiro atoms. The molecule has 23 heavy (non-hydrogen) atoms. The van der Waals surface area contributed by atoms with Gasteiger partial charge in [-0.1, -0.05) is 6.08 Å². The Bertz CT molecular complexity index is 705. The molecule has 0 aromatic carbocycles. The van der Waals surface area contributed by atoms with Crippen molar-refractivity contribution in [3.63, 3.8) is 0 Å². The third kappa shape index (κ3) is 3.20. The molecule has 1 saturated heterocycles. The molecule has 1 unspecified atom stereocenters. The lowest BCUT2D eigenvalue weighted by molar-refractivity contribution is -0.00535. The molecule has 0 radical (unpaired) electrons. The van der Waals surface area contributed by atoms with E-state index in [0.29, 0.717) is 12.1 Å². The van der Waals surface area contributed by atoms with Gasteiger partial charge in [-0.25, -0.2) is 13.9 Å². The molecule has 0 amide bonds. The molecular formula is C16H21FN4O2. The van der Waals surface area contributed by atoms with Crippen LogP contribution in [0.2, 0.25) is 0 Å². The molecule has 124 valence electrons. The molecule has 4 rings (SSSR count). The van der Waals surface area contributed by atoms with Gasteiger partial charge in [0, 0.05) is 12.0 Å². The van der Waals surface area contributed by atoms with Crippen molar-refractivity contribution >= 4 is 11.5 Å². The molecule has 1 aliphatic carbocycles. The van der Waals surface area contributed by atoms with Crippen LogP contribution in [-0.4, -0.2) is 39.0 Å². The number of aliphatic hydroxyl groups excluding tert-OH is 1. The second kappa shape index (κ2) is 6.25. The van der Waals surface area contributed by atoms with E-state index in [1.807, 2.05) is 6.08 Å². The average Bonchev–Trinajstić information content (AvgIpc) is 3.28. The molecule has 2 aliphatic rings. The fraction of sp³-hybridized carbons (Fsp3) is 0.500. The highest BCUT2D eigenvalue weighted by molar-refractivity contribution is 5.52. The van der Waals surface area contributed by atoms with Gasteiger partial charge in [0.1, 0.15) is 5.52 Å². The standard InChI is InChI=1S/C11H11FN4.C5H10O2/c1-2-11(3-4-11)9-5-7(12)8-6-14-10(13)15-16(8)9;6-5-2-1-3-7-4-5/h2,5-6H,1,3-4H2,(H2,13,15);5-6H,1-4H2. The van der Waals surface area contributed by atoms with Crippen molar-refractivity contribution in [2.75, 3.05) is 18.9 Å². The molecule has 1 aliphatic heterocycles. The third-order valence-corrected chi connectivity index (χ3v) is 4.31. The predicted molar refractivity (Wildman–Crippen MR) is 84.5 cm³/mol. The number of hydrogen-bond donors (Lipinski definition) is 2. The highest BCUT2D eigenvalue weighted by Crippen LogP contribution is 2.49. The average molecular weight is 320 g/mol. The molecule has 2 aromatic rings. The van der Waals surface area contributed by atoms with Gasteiger partial charge in [-0.3, -0.25) is 0 Å². The van der Waals surface area contributed by atoms with Crippen molar-refractivity contribution in [1.82, 2.24) is 14.6 Å². The predicted octanol–water partition coefficient (Wildman–Crippen LogP) is 1.83. The van der Waals surface area contributed by atoms with Gasteiger partial charge in [-0.2, -0.15) is 0 Å². The number of nitrogen functional groups attached to an aromatic ring is 1. The maximum atomic E-state index is 13.7. The minimum absolute atomic E-state index is 0.131. The van der Waals surface area contributed by atoms with Crippen LogP contribution in [0.1, 0.15) is 31.4 Å². The first-order valence-electron chi connectivity index (χ1n) is 7.75. The highest BCUT2D eigenvalue weighted by atomic mass is 19.1. The summed E-state index contributed by atoms with van der Waals surface area (Å²) < 4.78 is 20.1. The molecule has 0 bridgehead atoms. The molecule has 3 N–H and O–H groups in total. The van der Waals surface area contributed by atoms with Gasteiger partial charge in [0.05, 0.1) is 24.6 Å². The third-order valence-electron chi connectivity index (χ3n) is 4.31. The maximum absolute atomic E-state index is 13.7. The molecule has 2 fully saturated rings. The van der Waals surface area contributed by atoms with Crippen LogP contribution in [0.5, 0.6) is 0 Å². The van der Waals surface area contributed by atoms with Gasteiger partial charge in [0.2, 0.25) is 5.95 Å². The SMILES string of the molecule is C=CC1(c2cc(F)c3cnc(N)nn23)CC1.OC1CCCOC1. The summed E-state index contributed by atoms with van der Waals surface area (Å²) >= 11 is 0. The lowest BCUT2D eigenvalue weighted by Gasteiger charge is -2.15. The smallest absolute Gasteiger partial charge is 0.238 e. The first kappa shape index (κ1) is 15.9. The van der Waals surface area contributed by atoms with Crippen LogP contribution >= 0.6 is 0 Å². The number of nitrogens with zero attached hydrogens (tertiary/aromatic N) is 3. The Morgan fingerprint density at radius 2 is 2.30 bits per heavy atom. The molecule has 1 atom stereocenters. The van der Waals surface area contributed by atoms with Gasteiger partial charge in [0.25, 0.3) is 0 Å². The minimum atomic E-state index is -0.317. The van der Waals surface area contributed by atoms with Crippen LogP contribution in [0.4, 0.5) is 10.3 Å². The van der Waals surface area contributed by atoms with E-state index >= 15 is 0 Å². The van der Waals surface area contributed by atoms with Crippen molar-refractivity contribution in [2.45, 2.75) is 37.2 Å².